The van der Waals surface area contributed by atoms with Gasteiger partial charge in [0.05, 0.1) is 20.3 Å². The molecule has 2 unspecified atom stereocenters. The number of aliphatic hydroxyl groups excluding tert-OH is 1. The summed E-state index contributed by atoms with van der Waals surface area (Å²) in [4.78, 5) is 2.44. The minimum absolute atomic E-state index is 0.230. The number of aliphatic hydroxyl groups is 1. The molecule has 5 heteroatoms. The van der Waals surface area contributed by atoms with E-state index in [1.807, 2.05) is 6.07 Å². The summed E-state index contributed by atoms with van der Waals surface area (Å²) in [7, 11) is 3.31. The van der Waals surface area contributed by atoms with Gasteiger partial charge in [-0.3, -0.25) is 0 Å². The molecule has 0 saturated carbocycles. The maximum Gasteiger partial charge on any atom is 0.163 e. The fraction of sp³-hybridized carbons (Fsp3) is 0.647. The largest absolute Gasteiger partial charge is 0.493 e. The van der Waals surface area contributed by atoms with E-state index >= 15 is 0 Å². The number of piperidine rings is 1. The summed E-state index contributed by atoms with van der Waals surface area (Å²) in [5.41, 5.74) is 1.08. The molecule has 1 heterocycles. The van der Waals surface area contributed by atoms with Crippen molar-refractivity contribution in [3.05, 3.63) is 22.2 Å². The van der Waals surface area contributed by atoms with E-state index in [1.165, 1.54) is 0 Å². The Kier molecular flexibility index (Phi) is 6.53. The second-order valence-electron chi connectivity index (χ2n) is 5.92. The molecule has 1 aromatic rings. The van der Waals surface area contributed by atoms with Gasteiger partial charge in [0.1, 0.15) is 0 Å². The van der Waals surface area contributed by atoms with Crippen LogP contribution in [0.5, 0.6) is 11.5 Å². The first-order chi connectivity index (χ1) is 10.6. The van der Waals surface area contributed by atoms with E-state index in [-0.39, 0.29) is 12.0 Å². The molecule has 0 aliphatic carbocycles. The number of ether oxygens (including phenoxy) is 2. The molecular formula is C17H26BrNO3. The van der Waals surface area contributed by atoms with Crippen molar-refractivity contribution in [3.8, 4) is 11.5 Å². The normalized spacial score (nSPS) is 22.6. The molecule has 4 nitrogen and oxygen atoms in total. The molecule has 124 valence electrons. The van der Waals surface area contributed by atoms with Crippen molar-refractivity contribution in [2.45, 2.75) is 32.3 Å². The lowest BCUT2D eigenvalue weighted by atomic mass is 9.88. The number of hydrogen-bond acceptors (Lipinski definition) is 4. The first-order valence-electron chi connectivity index (χ1n) is 7.89. The van der Waals surface area contributed by atoms with Gasteiger partial charge >= 0.3 is 0 Å². The monoisotopic (exact) mass is 371 g/mol. The Morgan fingerprint density at radius 1 is 1.32 bits per heavy atom. The Morgan fingerprint density at radius 3 is 2.73 bits per heavy atom. The van der Waals surface area contributed by atoms with Gasteiger partial charge in [0.2, 0.25) is 0 Å². The van der Waals surface area contributed by atoms with Gasteiger partial charge < -0.3 is 19.5 Å². The molecule has 0 amide bonds. The zero-order chi connectivity index (χ0) is 16.1. The molecule has 1 aliphatic heterocycles. The predicted octanol–water partition coefficient (Wildman–Crippen LogP) is 3.10. The number of benzene rings is 1. The van der Waals surface area contributed by atoms with Crippen LogP contribution in [0.25, 0.3) is 0 Å². The van der Waals surface area contributed by atoms with E-state index in [0.29, 0.717) is 0 Å². The third-order valence-corrected chi connectivity index (χ3v) is 4.78. The molecule has 2 atom stereocenters. The van der Waals surface area contributed by atoms with Crippen LogP contribution in [0.15, 0.2) is 16.6 Å². The molecule has 0 bridgehead atoms. The minimum atomic E-state index is -0.247. The van der Waals surface area contributed by atoms with Crippen molar-refractivity contribution >= 4 is 15.9 Å². The van der Waals surface area contributed by atoms with Gasteiger partial charge in [0.25, 0.3) is 0 Å². The zero-order valence-corrected chi connectivity index (χ0v) is 15.2. The lowest BCUT2D eigenvalue weighted by molar-refractivity contribution is 0.0268. The summed E-state index contributed by atoms with van der Waals surface area (Å²) in [6.45, 7) is 5.22. The van der Waals surface area contributed by atoms with Gasteiger partial charge in [-0.15, -0.1) is 0 Å². The van der Waals surface area contributed by atoms with Gasteiger partial charge in [-0.2, -0.15) is 0 Å². The summed E-state index contributed by atoms with van der Waals surface area (Å²) < 4.78 is 11.9. The van der Waals surface area contributed by atoms with Crippen LogP contribution in [0.2, 0.25) is 0 Å². The highest BCUT2D eigenvalue weighted by Gasteiger charge is 2.28. The van der Waals surface area contributed by atoms with E-state index in [0.717, 1.165) is 60.4 Å². The fourth-order valence-electron chi connectivity index (χ4n) is 3.26. The highest BCUT2D eigenvalue weighted by molar-refractivity contribution is 9.10. The quantitative estimate of drug-likeness (QED) is 0.833. The molecule has 0 aromatic heterocycles. The van der Waals surface area contributed by atoms with Crippen LogP contribution in [0, 0.1) is 5.92 Å². The second kappa shape index (κ2) is 8.18. The summed E-state index contributed by atoms with van der Waals surface area (Å²) in [6.07, 6.45) is 2.54. The van der Waals surface area contributed by atoms with E-state index in [9.17, 15) is 5.11 Å². The topological polar surface area (TPSA) is 41.9 Å². The Balaban J connectivity index is 2.19. The first-order valence-corrected chi connectivity index (χ1v) is 8.69. The van der Waals surface area contributed by atoms with Crippen LogP contribution in [-0.2, 0) is 6.42 Å². The zero-order valence-electron chi connectivity index (χ0n) is 13.6. The van der Waals surface area contributed by atoms with Gasteiger partial charge in [-0.25, -0.2) is 0 Å². The van der Waals surface area contributed by atoms with Gasteiger partial charge in [-0.05, 0) is 43.5 Å². The van der Waals surface area contributed by atoms with Crippen LogP contribution in [-0.4, -0.2) is 50.0 Å². The highest BCUT2D eigenvalue weighted by Crippen LogP contribution is 2.37. The number of hydrogen-bond donors (Lipinski definition) is 1. The first kappa shape index (κ1) is 17.6. The lowest BCUT2D eigenvalue weighted by Crippen LogP contribution is -2.44. The van der Waals surface area contributed by atoms with Gasteiger partial charge in [-0.1, -0.05) is 22.9 Å². The van der Waals surface area contributed by atoms with Crippen molar-refractivity contribution in [2.75, 3.05) is 33.9 Å². The maximum absolute atomic E-state index is 10.4. The Labute approximate surface area is 141 Å². The van der Waals surface area contributed by atoms with Crippen molar-refractivity contribution in [2.24, 2.45) is 5.92 Å². The van der Waals surface area contributed by atoms with Gasteiger partial charge in [0.15, 0.2) is 11.5 Å². The van der Waals surface area contributed by atoms with Crippen molar-refractivity contribution in [3.63, 3.8) is 0 Å². The minimum Gasteiger partial charge on any atom is -0.493 e. The van der Waals surface area contributed by atoms with Crippen LogP contribution in [0.1, 0.15) is 25.3 Å². The Morgan fingerprint density at radius 2 is 2.09 bits per heavy atom. The van der Waals surface area contributed by atoms with E-state index in [1.54, 1.807) is 14.2 Å². The SMILES string of the molecule is CCCN1CCC(O)C(Cc2cc(Br)cc(OC)c2OC)C1. The molecule has 1 saturated heterocycles. The average Bonchev–Trinajstić information content (AvgIpc) is 2.50. The highest BCUT2D eigenvalue weighted by atomic mass is 79.9. The van der Waals surface area contributed by atoms with Crippen LogP contribution in [0.3, 0.4) is 0 Å². The van der Waals surface area contributed by atoms with Gasteiger partial charge in [0, 0.05) is 23.5 Å². The number of nitrogens with zero attached hydrogens (tertiary/aromatic N) is 1. The molecule has 0 spiro atoms. The predicted molar refractivity (Wildman–Crippen MR) is 91.8 cm³/mol. The third-order valence-electron chi connectivity index (χ3n) is 4.32. The standard InChI is InChI=1S/C17H26BrNO3/c1-4-6-19-7-5-15(20)13(11-19)8-12-9-14(18)10-16(21-2)17(12)22-3/h9-10,13,15,20H,4-8,11H2,1-3H3. The molecule has 2 rings (SSSR count). The summed E-state index contributed by atoms with van der Waals surface area (Å²) in [5, 5.41) is 10.4. The van der Waals surface area contributed by atoms with Crippen LogP contribution in [0.4, 0.5) is 0 Å². The Hall–Kier alpha value is -0.780. The van der Waals surface area contributed by atoms with Crippen LogP contribution >= 0.6 is 15.9 Å². The average molecular weight is 372 g/mol. The second-order valence-corrected chi connectivity index (χ2v) is 6.84. The maximum atomic E-state index is 10.4. The summed E-state index contributed by atoms with van der Waals surface area (Å²) in [6, 6.07) is 3.97. The summed E-state index contributed by atoms with van der Waals surface area (Å²) in [5.74, 6) is 1.72. The van der Waals surface area contributed by atoms with Crippen molar-refractivity contribution < 1.29 is 14.6 Å². The third kappa shape index (κ3) is 4.15. The molecule has 1 aromatic carbocycles. The number of rotatable bonds is 6. The fourth-order valence-corrected chi connectivity index (χ4v) is 3.74. The molecule has 0 radical (unpaired) electrons. The molecule has 1 aliphatic rings. The molecule has 22 heavy (non-hydrogen) atoms. The number of methoxy groups -OCH3 is 2. The van der Waals surface area contributed by atoms with Crippen LogP contribution < -0.4 is 9.47 Å². The van der Waals surface area contributed by atoms with Crippen molar-refractivity contribution in [1.82, 2.24) is 4.90 Å². The van der Waals surface area contributed by atoms with Crippen molar-refractivity contribution in [1.29, 1.82) is 0 Å². The number of halogens is 1. The lowest BCUT2D eigenvalue weighted by Gasteiger charge is -2.36. The van der Waals surface area contributed by atoms with E-state index < -0.39 is 0 Å². The van der Waals surface area contributed by atoms with E-state index in [2.05, 4.69) is 33.8 Å². The molecule has 1 fully saturated rings. The number of likely N-dealkylation sites (tertiary alicyclic amines) is 1. The Bertz CT molecular complexity index is 495. The summed E-state index contributed by atoms with van der Waals surface area (Å²) >= 11 is 3.53. The smallest absolute Gasteiger partial charge is 0.163 e. The molecule has 1 N–H and O–H groups in total. The molecular weight excluding hydrogens is 346 g/mol. The van der Waals surface area contributed by atoms with E-state index in [4.69, 9.17) is 9.47 Å².